The highest BCUT2D eigenvalue weighted by Crippen LogP contribution is 2.18. The van der Waals surface area contributed by atoms with Crippen molar-refractivity contribution in [3.05, 3.63) is 34.9 Å². The van der Waals surface area contributed by atoms with Crippen molar-refractivity contribution in [2.75, 3.05) is 13.1 Å². The number of hydrogen-bond acceptors (Lipinski definition) is 1. The van der Waals surface area contributed by atoms with Gasteiger partial charge in [0.2, 0.25) is 0 Å². The van der Waals surface area contributed by atoms with Crippen LogP contribution in [0.3, 0.4) is 0 Å². The predicted molar refractivity (Wildman–Crippen MR) is 64.3 cm³/mol. The third-order valence-electron chi connectivity index (χ3n) is 3.04. The lowest BCUT2D eigenvalue weighted by molar-refractivity contribution is 0.0792. The summed E-state index contributed by atoms with van der Waals surface area (Å²) in [5, 5.41) is 0. The molecular weight excluding hydrogens is 198 g/mol. The number of terminal acetylenes is 1. The number of aryl methyl sites for hydroxylation is 1. The Morgan fingerprint density at radius 1 is 1.38 bits per heavy atom. The third-order valence-corrected chi connectivity index (χ3v) is 3.04. The van der Waals surface area contributed by atoms with Crippen molar-refractivity contribution in [1.82, 2.24) is 4.90 Å². The van der Waals surface area contributed by atoms with E-state index in [2.05, 4.69) is 5.92 Å². The molecule has 0 unspecified atom stereocenters. The van der Waals surface area contributed by atoms with Crippen molar-refractivity contribution in [2.24, 2.45) is 0 Å². The number of carbonyl (C=O) groups excluding carboxylic acids is 1. The van der Waals surface area contributed by atoms with Gasteiger partial charge in [-0.3, -0.25) is 4.79 Å². The fourth-order valence-corrected chi connectivity index (χ4v) is 2.13. The van der Waals surface area contributed by atoms with Gasteiger partial charge >= 0.3 is 0 Å². The fourth-order valence-electron chi connectivity index (χ4n) is 2.13. The van der Waals surface area contributed by atoms with E-state index < -0.39 is 0 Å². The Bertz CT molecular complexity index is 450. The van der Waals surface area contributed by atoms with Crippen molar-refractivity contribution in [1.29, 1.82) is 0 Å². The normalized spacial score (nSPS) is 14.9. The third kappa shape index (κ3) is 1.81. The number of amides is 1. The Morgan fingerprint density at radius 3 is 2.69 bits per heavy atom. The maximum absolute atomic E-state index is 12.2. The van der Waals surface area contributed by atoms with E-state index in [0.717, 1.165) is 37.1 Å². The quantitative estimate of drug-likeness (QED) is 0.655. The molecule has 2 nitrogen and oxygen atoms in total. The number of rotatable bonds is 1. The molecule has 1 amide bonds. The summed E-state index contributed by atoms with van der Waals surface area (Å²) in [6.45, 7) is 3.66. The number of benzene rings is 1. The molecule has 0 N–H and O–H groups in total. The second kappa shape index (κ2) is 4.40. The van der Waals surface area contributed by atoms with Crippen LogP contribution in [0.4, 0.5) is 0 Å². The minimum Gasteiger partial charge on any atom is -0.339 e. The van der Waals surface area contributed by atoms with E-state index in [1.54, 1.807) is 0 Å². The zero-order chi connectivity index (χ0) is 11.5. The SMILES string of the molecule is C#Cc1c(C)cccc1C(=O)N1CCCC1. The van der Waals surface area contributed by atoms with Gasteiger partial charge in [0, 0.05) is 18.7 Å². The number of hydrogen-bond donors (Lipinski definition) is 0. The van der Waals surface area contributed by atoms with Crippen molar-refractivity contribution in [3.8, 4) is 12.3 Å². The molecule has 1 aliphatic heterocycles. The summed E-state index contributed by atoms with van der Waals surface area (Å²) in [5.41, 5.74) is 2.40. The van der Waals surface area contributed by atoms with E-state index in [1.807, 2.05) is 30.0 Å². The molecule has 1 aromatic rings. The monoisotopic (exact) mass is 213 g/mol. The van der Waals surface area contributed by atoms with Gasteiger partial charge in [-0.25, -0.2) is 0 Å². The lowest BCUT2D eigenvalue weighted by atomic mass is 10.0. The van der Waals surface area contributed by atoms with E-state index in [0.29, 0.717) is 5.56 Å². The van der Waals surface area contributed by atoms with Crippen LogP contribution in [0.15, 0.2) is 18.2 Å². The molecule has 1 aromatic carbocycles. The second-order valence-electron chi connectivity index (χ2n) is 4.14. The van der Waals surface area contributed by atoms with Crippen LogP contribution in [0.2, 0.25) is 0 Å². The lowest BCUT2D eigenvalue weighted by Crippen LogP contribution is -2.28. The van der Waals surface area contributed by atoms with Crippen LogP contribution in [0.5, 0.6) is 0 Å². The number of carbonyl (C=O) groups is 1. The van der Waals surface area contributed by atoms with Crippen LogP contribution < -0.4 is 0 Å². The highest BCUT2D eigenvalue weighted by molar-refractivity contribution is 5.97. The van der Waals surface area contributed by atoms with Crippen LogP contribution >= 0.6 is 0 Å². The maximum Gasteiger partial charge on any atom is 0.255 e. The van der Waals surface area contributed by atoms with Crippen molar-refractivity contribution >= 4 is 5.91 Å². The first-order chi connectivity index (χ1) is 7.74. The standard InChI is InChI=1S/C14H15NO/c1-3-12-11(2)7-6-8-13(12)14(16)15-9-4-5-10-15/h1,6-8H,4-5,9-10H2,2H3. The summed E-state index contributed by atoms with van der Waals surface area (Å²) < 4.78 is 0. The van der Waals surface area contributed by atoms with Gasteiger partial charge in [-0.15, -0.1) is 6.42 Å². The zero-order valence-corrected chi connectivity index (χ0v) is 9.49. The Morgan fingerprint density at radius 2 is 2.06 bits per heavy atom. The van der Waals surface area contributed by atoms with Crippen LogP contribution in [0.1, 0.15) is 34.3 Å². The molecule has 0 spiro atoms. The minimum absolute atomic E-state index is 0.0779. The first kappa shape index (κ1) is 10.8. The summed E-state index contributed by atoms with van der Waals surface area (Å²) in [5.74, 6) is 2.70. The van der Waals surface area contributed by atoms with Crippen molar-refractivity contribution < 1.29 is 4.79 Å². The lowest BCUT2D eigenvalue weighted by Gasteiger charge is -2.16. The summed E-state index contributed by atoms with van der Waals surface area (Å²) in [4.78, 5) is 14.1. The average Bonchev–Trinajstić information content (AvgIpc) is 2.81. The summed E-state index contributed by atoms with van der Waals surface area (Å²) >= 11 is 0. The van der Waals surface area contributed by atoms with E-state index in [1.165, 1.54) is 0 Å². The van der Waals surface area contributed by atoms with E-state index >= 15 is 0 Å². The number of nitrogens with zero attached hydrogens (tertiary/aromatic N) is 1. The fraction of sp³-hybridized carbons (Fsp3) is 0.357. The van der Waals surface area contributed by atoms with Gasteiger partial charge < -0.3 is 4.90 Å². The Kier molecular flexibility index (Phi) is 2.96. The van der Waals surface area contributed by atoms with Crippen molar-refractivity contribution in [3.63, 3.8) is 0 Å². The molecular formula is C14H15NO. The smallest absolute Gasteiger partial charge is 0.255 e. The predicted octanol–water partition coefficient (Wildman–Crippen LogP) is 2.21. The Hall–Kier alpha value is -1.75. The molecule has 1 aliphatic rings. The molecule has 0 saturated carbocycles. The molecule has 2 heteroatoms. The highest BCUT2D eigenvalue weighted by atomic mass is 16.2. The molecule has 1 fully saturated rings. The first-order valence-electron chi connectivity index (χ1n) is 5.59. The van der Waals surface area contributed by atoms with Gasteiger partial charge in [-0.2, -0.15) is 0 Å². The van der Waals surface area contributed by atoms with E-state index in [9.17, 15) is 4.79 Å². The first-order valence-corrected chi connectivity index (χ1v) is 5.59. The molecule has 0 aromatic heterocycles. The van der Waals surface area contributed by atoms with Crippen molar-refractivity contribution in [2.45, 2.75) is 19.8 Å². The average molecular weight is 213 g/mol. The van der Waals surface area contributed by atoms with Gasteiger partial charge in [0.15, 0.2) is 0 Å². The van der Waals surface area contributed by atoms with Crippen LogP contribution in [-0.2, 0) is 0 Å². The molecule has 82 valence electrons. The van der Waals surface area contributed by atoms with Gasteiger partial charge in [-0.1, -0.05) is 18.1 Å². The molecule has 0 bridgehead atoms. The summed E-state index contributed by atoms with van der Waals surface area (Å²) in [6.07, 6.45) is 7.67. The molecule has 2 rings (SSSR count). The zero-order valence-electron chi connectivity index (χ0n) is 9.49. The van der Waals surface area contributed by atoms with E-state index in [-0.39, 0.29) is 5.91 Å². The Balaban J connectivity index is 2.36. The van der Waals surface area contributed by atoms with Gasteiger partial charge in [0.05, 0.1) is 5.56 Å². The van der Waals surface area contributed by atoms with E-state index in [4.69, 9.17) is 6.42 Å². The highest BCUT2D eigenvalue weighted by Gasteiger charge is 2.21. The van der Waals surface area contributed by atoms with Gasteiger partial charge in [0.1, 0.15) is 0 Å². The molecule has 16 heavy (non-hydrogen) atoms. The Labute approximate surface area is 96.3 Å². The van der Waals surface area contributed by atoms with Gasteiger partial charge in [0.25, 0.3) is 5.91 Å². The topological polar surface area (TPSA) is 20.3 Å². The van der Waals surface area contributed by atoms with Crippen LogP contribution in [0.25, 0.3) is 0 Å². The summed E-state index contributed by atoms with van der Waals surface area (Å²) in [7, 11) is 0. The molecule has 1 heterocycles. The molecule has 0 radical (unpaired) electrons. The molecule has 1 saturated heterocycles. The summed E-state index contributed by atoms with van der Waals surface area (Å²) in [6, 6.07) is 5.65. The second-order valence-corrected chi connectivity index (χ2v) is 4.14. The number of likely N-dealkylation sites (tertiary alicyclic amines) is 1. The minimum atomic E-state index is 0.0779. The van der Waals surface area contributed by atoms with Gasteiger partial charge in [-0.05, 0) is 31.4 Å². The van der Waals surface area contributed by atoms with Crippen LogP contribution in [-0.4, -0.2) is 23.9 Å². The van der Waals surface area contributed by atoms with Crippen LogP contribution in [0, 0.1) is 19.3 Å². The molecule has 0 atom stereocenters. The largest absolute Gasteiger partial charge is 0.339 e. The maximum atomic E-state index is 12.2. The molecule has 0 aliphatic carbocycles.